The summed E-state index contributed by atoms with van der Waals surface area (Å²) < 4.78 is 0. The number of nitrogens with one attached hydrogen (secondary N) is 1. The number of nitrogens with zero attached hydrogens (tertiary/aromatic N) is 1. The Morgan fingerprint density at radius 2 is 2.00 bits per heavy atom. The third-order valence-corrected chi connectivity index (χ3v) is 5.64. The van der Waals surface area contributed by atoms with Crippen molar-refractivity contribution in [2.45, 2.75) is 59.4 Å². The molecule has 0 spiro atoms. The van der Waals surface area contributed by atoms with E-state index in [1.54, 1.807) is 6.92 Å². The molecule has 6 heteroatoms. The van der Waals surface area contributed by atoms with E-state index < -0.39 is 5.97 Å². The highest BCUT2D eigenvalue weighted by Crippen LogP contribution is 2.46. The van der Waals surface area contributed by atoms with Crippen LogP contribution in [0, 0.1) is 18.3 Å². The zero-order chi connectivity index (χ0) is 16.5. The van der Waals surface area contributed by atoms with E-state index in [9.17, 15) is 9.59 Å². The molecule has 0 bridgehead atoms. The third-order valence-electron chi connectivity index (χ3n) is 4.32. The van der Waals surface area contributed by atoms with Gasteiger partial charge in [0.15, 0.2) is 0 Å². The molecule has 1 saturated carbocycles. The van der Waals surface area contributed by atoms with Gasteiger partial charge in [-0.1, -0.05) is 20.3 Å². The number of hydrogen-bond acceptors (Lipinski definition) is 4. The minimum Gasteiger partial charge on any atom is -0.477 e. The van der Waals surface area contributed by atoms with Crippen LogP contribution in [0.25, 0.3) is 0 Å². The molecule has 5 nitrogen and oxygen atoms in total. The quantitative estimate of drug-likeness (QED) is 0.839. The summed E-state index contributed by atoms with van der Waals surface area (Å²) in [6, 6.07) is -0.256. The Morgan fingerprint density at radius 3 is 2.41 bits per heavy atom. The monoisotopic (exact) mass is 324 g/mol. The average Bonchev–Trinajstić information content (AvgIpc) is 2.75. The Morgan fingerprint density at radius 1 is 1.36 bits per heavy atom. The molecule has 2 N–H and O–H groups in total. The van der Waals surface area contributed by atoms with E-state index in [1.165, 1.54) is 0 Å². The van der Waals surface area contributed by atoms with Gasteiger partial charge in [0, 0.05) is 5.41 Å². The summed E-state index contributed by atoms with van der Waals surface area (Å²) in [6.45, 7) is 7.83. The first-order chi connectivity index (χ1) is 10.2. The number of carboxylic acid groups (broad SMARTS) is 1. The molecule has 0 radical (unpaired) electrons. The van der Waals surface area contributed by atoms with Crippen molar-refractivity contribution in [3.63, 3.8) is 0 Å². The van der Waals surface area contributed by atoms with Gasteiger partial charge in [-0.25, -0.2) is 9.78 Å². The van der Waals surface area contributed by atoms with Crippen LogP contribution in [-0.2, 0) is 4.79 Å². The smallest absolute Gasteiger partial charge is 0.347 e. The number of aryl methyl sites for hydroxylation is 1. The maximum atomic E-state index is 12.6. The fourth-order valence-electron chi connectivity index (χ4n) is 3.12. The van der Waals surface area contributed by atoms with E-state index >= 15 is 0 Å². The molecule has 1 atom stereocenters. The zero-order valence-electron chi connectivity index (χ0n) is 13.6. The molecule has 1 aromatic heterocycles. The molecule has 0 aliphatic heterocycles. The molecule has 2 rings (SSSR count). The van der Waals surface area contributed by atoms with Crippen molar-refractivity contribution in [2.24, 2.45) is 11.3 Å². The summed E-state index contributed by atoms with van der Waals surface area (Å²) in [6.07, 6.45) is 3.90. The molecule has 1 aromatic rings. The molecular formula is C16H24N2O3S. The van der Waals surface area contributed by atoms with Crippen molar-refractivity contribution in [3.05, 3.63) is 15.6 Å². The van der Waals surface area contributed by atoms with E-state index in [-0.39, 0.29) is 22.2 Å². The van der Waals surface area contributed by atoms with Crippen LogP contribution in [0.1, 0.15) is 72.9 Å². The highest BCUT2D eigenvalue weighted by atomic mass is 32.1. The summed E-state index contributed by atoms with van der Waals surface area (Å²) in [7, 11) is 0. The lowest BCUT2D eigenvalue weighted by atomic mass is 9.64. The lowest BCUT2D eigenvalue weighted by Gasteiger charge is -2.42. The number of rotatable bonds is 6. The van der Waals surface area contributed by atoms with Crippen molar-refractivity contribution in [1.29, 1.82) is 0 Å². The van der Waals surface area contributed by atoms with E-state index in [1.807, 2.05) is 6.92 Å². The molecule has 1 aliphatic rings. The highest BCUT2D eigenvalue weighted by molar-refractivity contribution is 7.13. The van der Waals surface area contributed by atoms with E-state index in [0.29, 0.717) is 16.6 Å². The van der Waals surface area contributed by atoms with Gasteiger partial charge in [0.2, 0.25) is 5.91 Å². The zero-order valence-corrected chi connectivity index (χ0v) is 14.4. The highest BCUT2D eigenvalue weighted by Gasteiger charge is 2.44. The summed E-state index contributed by atoms with van der Waals surface area (Å²) in [5.74, 6) is -0.387. The minimum atomic E-state index is -0.963. The van der Waals surface area contributed by atoms with Crippen molar-refractivity contribution in [3.8, 4) is 0 Å². The maximum Gasteiger partial charge on any atom is 0.347 e. The molecule has 1 unspecified atom stereocenters. The first-order valence-electron chi connectivity index (χ1n) is 7.77. The standard InChI is InChI=1S/C16H24N2O3S/c1-9(2)8-16(6-5-7-16)15(21)18-11(4)13-17-10(3)12(22-13)14(19)20/h9,11H,5-8H2,1-4H3,(H,18,21)(H,19,20). The van der Waals surface area contributed by atoms with Gasteiger partial charge in [-0.3, -0.25) is 4.79 Å². The predicted molar refractivity (Wildman–Crippen MR) is 86.1 cm³/mol. The van der Waals surface area contributed by atoms with Crippen LogP contribution in [-0.4, -0.2) is 22.0 Å². The number of aromatic carboxylic acids is 1. The number of carbonyl (C=O) groups is 2. The van der Waals surface area contributed by atoms with E-state index in [4.69, 9.17) is 5.11 Å². The predicted octanol–water partition coefficient (Wildman–Crippen LogP) is 3.54. The SMILES string of the molecule is Cc1nc(C(C)NC(=O)C2(CC(C)C)CCC2)sc1C(=O)O. The summed E-state index contributed by atoms with van der Waals surface area (Å²) in [5.41, 5.74) is 0.277. The Hall–Kier alpha value is -1.43. The lowest BCUT2D eigenvalue weighted by molar-refractivity contribution is -0.138. The first kappa shape index (κ1) is 16.9. The minimum absolute atomic E-state index is 0.0877. The van der Waals surface area contributed by atoms with Gasteiger partial charge in [0.05, 0.1) is 11.7 Å². The van der Waals surface area contributed by atoms with Crippen molar-refractivity contribution in [1.82, 2.24) is 10.3 Å². The van der Waals surface area contributed by atoms with Gasteiger partial charge in [-0.2, -0.15) is 0 Å². The second kappa shape index (κ2) is 6.36. The lowest BCUT2D eigenvalue weighted by Crippen LogP contribution is -2.47. The molecule has 1 amide bonds. The number of aromatic nitrogens is 1. The van der Waals surface area contributed by atoms with Crippen LogP contribution in [0.15, 0.2) is 0 Å². The third kappa shape index (κ3) is 3.32. The number of carboxylic acids is 1. The van der Waals surface area contributed by atoms with Crippen LogP contribution >= 0.6 is 11.3 Å². The number of carbonyl (C=O) groups excluding carboxylic acids is 1. The van der Waals surface area contributed by atoms with Gasteiger partial charge in [0.1, 0.15) is 9.88 Å². The van der Waals surface area contributed by atoms with Crippen LogP contribution < -0.4 is 5.32 Å². The maximum absolute atomic E-state index is 12.6. The first-order valence-corrected chi connectivity index (χ1v) is 8.58. The van der Waals surface area contributed by atoms with Crippen LogP contribution in [0.4, 0.5) is 0 Å². The molecule has 0 saturated heterocycles. The molecular weight excluding hydrogens is 300 g/mol. The van der Waals surface area contributed by atoms with Gasteiger partial charge >= 0.3 is 5.97 Å². The summed E-state index contributed by atoms with van der Waals surface area (Å²) in [5, 5.41) is 12.8. The Bertz CT molecular complexity index is 576. The topological polar surface area (TPSA) is 79.3 Å². The van der Waals surface area contributed by atoms with Crippen molar-refractivity contribution >= 4 is 23.2 Å². The Balaban J connectivity index is 2.08. The Labute approximate surface area is 135 Å². The van der Waals surface area contributed by atoms with Gasteiger partial charge in [-0.05, 0) is 39.0 Å². The molecule has 0 aromatic carbocycles. The van der Waals surface area contributed by atoms with Gasteiger partial charge < -0.3 is 10.4 Å². The van der Waals surface area contributed by atoms with Gasteiger partial charge in [0.25, 0.3) is 0 Å². The van der Waals surface area contributed by atoms with Crippen molar-refractivity contribution < 1.29 is 14.7 Å². The molecule has 1 fully saturated rings. The second-order valence-corrected chi connectivity index (χ2v) is 7.73. The average molecular weight is 324 g/mol. The number of hydrogen-bond donors (Lipinski definition) is 2. The Kier molecular flexibility index (Phi) is 4.90. The van der Waals surface area contributed by atoms with Crippen LogP contribution in [0.3, 0.4) is 0 Å². The van der Waals surface area contributed by atoms with Crippen LogP contribution in [0.5, 0.6) is 0 Å². The van der Waals surface area contributed by atoms with E-state index in [0.717, 1.165) is 37.0 Å². The molecule has 1 heterocycles. The largest absolute Gasteiger partial charge is 0.477 e. The van der Waals surface area contributed by atoms with Crippen molar-refractivity contribution in [2.75, 3.05) is 0 Å². The summed E-state index contributed by atoms with van der Waals surface area (Å²) in [4.78, 5) is 28.3. The molecule has 1 aliphatic carbocycles. The van der Waals surface area contributed by atoms with Gasteiger partial charge in [-0.15, -0.1) is 11.3 Å². The van der Waals surface area contributed by atoms with Crippen LogP contribution in [0.2, 0.25) is 0 Å². The fraction of sp³-hybridized carbons (Fsp3) is 0.688. The normalized spacial score (nSPS) is 17.9. The number of amides is 1. The number of thiazole rings is 1. The van der Waals surface area contributed by atoms with E-state index in [2.05, 4.69) is 24.1 Å². The molecule has 22 heavy (non-hydrogen) atoms. The summed E-state index contributed by atoms with van der Waals surface area (Å²) >= 11 is 1.14. The fourth-order valence-corrected chi connectivity index (χ4v) is 4.03. The molecule has 122 valence electrons. The second-order valence-electron chi connectivity index (χ2n) is 6.70.